The minimum Gasteiger partial charge on any atom is -0.454 e. The lowest BCUT2D eigenvalue weighted by molar-refractivity contribution is 0.0628. The van der Waals surface area contributed by atoms with E-state index in [0.717, 1.165) is 30.2 Å². The summed E-state index contributed by atoms with van der Waals surface area (Å²) < 4.78 is 10.7. The maximum Gasteiger partial charge on any atom is 0.254 e. The van der Waals surface area contributed by atoms with Crippen LogP contribution in [0.2, 0.25) is 5.02 Å². The van der Waals surface area contributed by atoms with E-state index in [0.29, 0.717) is 30.2 Å². The highest BCUT2D eigenvalue weighted by atomic mass is 35.5. The summed E-state index contributed by atoms with van der Waals surface area (Å²) in [6.07, 6.45) is 0. The average Bonchev–Trinajstić information content (AvgIpc) is 3.11. The van der Waals surface area contributed by atoms with E-state index < -0.39 is 0 Å². The first-order chi connectivity index (χ1) is 12.2. The Kier molecular flexibility index (Phi) is 4.51. The van der Waals surface area contributed by atoms with Crippen LogP contribution in [0.25, 0.3) is 0 Å². The number of carbonyl (C=O) groups excluding carboxylic acids is 1. The first-order valence-corrected chi connectivity index (χ1v) is 8.73. The highest BCUT2D eigenvalue weighted by Gasteiger charge is 2.24. The minimum atomic E-state index is 0.0377. The van der Waals surface area contributed by atoms with Crippen molar-refractivity contribution >= 4 is 17.5 Å². The minimum absolute atomic E-state index is 0.0377. The van der Waals surface area contributed by atoms with Gasteiger partial charge in [-0.15, -0.1) is 0 Å². The van der Waals surface area contributed by atoms with Crippen LogP contribution in [0.5, 0.6) is 11.5 Å². The summed E-state index contributed by atoms with van der Waals surface area (Å²) in [5.41, 5.74) is 1.77. The second kappa shape index (κ2) is 6.94. The fourth-order valence-electron chi connectivity index (χ4n) is 3.19. The second-order valence-electron chi connectivity index (χ2n) is 6.23. The second-order valence-corrected chi connectivity index (χ2v) is 6.63. The molecule has 2 heterocycles. The zero-order valence-corrected chi connectivity index (χ0v) is 14.5. The quantitative estimate of drug-likeness (QED) is 0.845. The Hall–Kier alpha value is -2.24. The van der Waals surface area contributed by atoms with Crippen LogP contribution in [-0.2, 0) is 6.54 Å². The van der Waals surface area contributed by atoms with Gasteiger partial charge in [0.1, 0.15) is 0 Å². The molecule has 0 aliphatic carbocycles. The number of ether oxygens (including phenoxy) is 2. The molecule has 0 aromatic heterocycles. The first kappa shape index (κ1) is 16.2. The van der Waals surface area contributed by atoms with Crippen molar-refractivity contribution in [3.63, 3.8) is 0 Å². The van der Waals surface area contributed by atoms with E-state index in [2.05, 4.69) is 4.90 Å². The number of fused-ring (bicyclic) bond motifs is 1. The van der Waals surface area contributed by atoms with Crippen molar-refractivity contribution in [2.24, 2.45) is 0 Å². The van der Waals surface area contributed by atoms with Gasteiger partial charge in [-0.05, 0) is 29.8 Å². The molecular formula is C19H19ClN2O3. The third kappa shape index (κ3) is 3.43. The standard InChI is InChI=1S/C19H19ClN2O3/c20-16-4-2-1-3-15(16)12-21-7-9-22(10-8-21)19(23)14-5-6-17-18(11-14)25-13-24-17/h1-6,11H,7-10,12-13H2. The fourth-order valence-corrected chi connectivity index (χ4v) is 3.38. The number of carbonyl (C=O) groups is 1. The Bertz CT molecular complexity index is 788. The van der Waals surface area contributed by atoms with Crippen LogP contribution in [0.1, 0.15) is 15.9 Å². The first-order valence-electron chi connectivity index (χ1n) is 8.35. The predicted molar refractivity (Wildman–Crippen MR) is 95.2 cm³/mol. The van der Waals surface area contributed by atoms with E-state index in [9.17, 15) is 4.79 Å². The van der Waals surface area contributed by atoms with E-state index in [1.165, 1.54) is 0 Å². The van der Waals surface area contributed by atoms with Crippen LogP contribution in [0, 0.1) is 0 Å². The zero-order chi connectivity index (χ0) is 17.2. The van der Waals surface area contributed by atoms with E-state index in [1.54, 1.807) is 18.2 Å². The zero-order valence-electron chi connectivity index (χ0n) is 13.8. The normalized spacial score (nSPS) is 16.9. The van der Waals surface area contributed by atoms with Gasteiger partial charge >= 0.3 is 0 Å². The van der Waals surface area contributed by atoms with E-state index in [-0.39, 0.29) is 12.7 Å². The van der Waals surface area contributed by atoms with Crippen LogP contribution >= 0.6 is 11.6 Å². The molecule has 0 radical (unpaired) electrons. The molecule has 0 saturated carbocycles. The summed E-state index contributed by atoms with van der Waals surface area (Å²) >= 11 is 6.24. The lowest BCUT2D eigenvalue weighted by atomic mass is 10.1. The van der Waals surface area contributed by atoms with Crippen molar-refractivity contribution in [1.29, 1.82) is 0 Å². The molecule has 25 heavy (non-hydrogen) atoms. The third-order valence-electron chi connectivity index (χ3n) is 4.63. The monoisotopic (exact) mass is 358 g/mol. The molecule has 1 amide bonds. The van der Waals surface area contributed by atoms with Crippen LogP contribution in [0.3, 0.4) is 0 Å². The highest BCUT2D eigenvalue weighted by Crippen LogP contribution is 2.32. The van der Waals surface area contributed by atoms with Gasteiger partial charge in [0.05, 0.1) is 0 Å². The number of piperazine rings is 1. The lowest BCUT2D eigenvalue weighted by Gasteiger charge is -2.35. The summed E-state index contributed by atoms with van der Waals surface area (Å²) in [4.78, 5) is 16.9. The molecule has 1 saturated heterocycles. The highest BCUT2D eigenvalue weighted by molar-refractivity contribution is 6.31. The van der Waals surface area contributed by atoms with Gasteiger partial charge in [0.15, 0.2) is 11.5 Å². The van der Waals surface area contributed by atoms with Crippen molar-refractivity contribution in [2.75, 3.05) is 33.0 Å². The molecule has 2 aliphatic heterocycles. The van der Waals surface area contributed by atoms with Crippen LogP contribution in [0.4, 0.5) is 0 Å². The van der Waals surface area contributed by atoms with Crippen molar-refractivity contribution in [2.45, 2.75) is 6.54 Å². The number of nitrogens with zero attached hydrogens (tertiary/aromatic N) is 2. The maximum atomic E-state index is 12.7. The molecule has 1 fully saturated rings. The van der Waals surface area contributed by atoms with Crippen molar-refractivity contribution in [3.8, 4) is 11.5 Å². The van der Waals surface area contributed by atoms with Gasteiger partial charge in [-0.1, -0.05) is 29.8 Å². The average molecular weight is 359 g/mol. The van der Waals surface area contributed by atoms with Gasteiger partial charge in [-0.25, -0.2) is 0 Å². The molecule has 0 atom stereocenters. The SMILES string of the molecule is O=C(c1ccc2c(c1)OCO2)N1CCN(Cc2ccccc2Cl)CC1. The van der Waals surface area contributed by atoms with Gasteiger partial charge in [0.25, 0.3) is 5.91 Å². The summed E-state index contributed by atoms with van der Waals surface area (Å²) in [5.74, 6) is 1.38. The Labute approximate surface area is 151 Å². The third-order valence-corrected chi connectivity index (χ3v) is 5.00. The van der Waals surface area contributed by atoms with E-state index >= 15 is 0 Å². The molecule has 130 valence electrons. The van der Waals surface area contributed by atoms with Gasteiger partial charge < -0.3 is 14.4 Å². The van der Waals surface area contributed by atoms with Gasteiger partial charge in [-0.2, -0.15) is 0 Å². The Balaban J connectivity index is 1.37. The van der Waals surface area contributed by atoms with Crippen LogP contribution < -0.4 is 9.47 Å². The summed E-state index contributed by atoms with van der Waals surface area (Å²) in [6, 6.07) is 13.3. The molecule has 4 rings (SSSR count). The topological polar surface area (TPSA) is 42.0 Å². The maximum absolute atomic E-state index is 12.7. The van der Waals surface area contributed by atoms with Crippen molar-refractivity contribution in [1.82, 2.24) is 9.80 Å². The Morgan fingerprint density at radius 2 is 1.76 bits per heavy atom. The summed E-state index contributed by atoms with van der Waals surface area (Å²) in [7, 11) is 0. The van der Waals surface area contributed by atoms with E-state index in [1.807, 2.05) is 29.2 Å². The number of hydrogen-bond acceptors (Lipinski definition) is 4. The molecule has 5 nitrogen and oxygen atoms in total. The predicted octanol–water partition coefficient (Wildman–Crippen LogP) is 3.03. The van der Waals surface area contributed by atoms with Crippen molar-refractivity contribution in [3.05, 3.63) is 58.6 Å². The van der Waals surface area contributed by atoms with Gasteiger partial charge in [-0.3, -0.25) is 9.69 Å². The number of amides is 1. The van der Waals surface area contributed by atoms with Gasteiger partial charge in [0, 0.05) is 43.3 Å². The number of rotatable bonds is 3. The molecule has 6 heteroatoms. The smallest absolute Gasteiger partial charge is 0.254 e. The van der Waals surface area contributed by atoms with E-state index in [4.69, 9.17) is 21.1 Å². The molecule has 2 aliphatic rings. The summed E-state index contributed by atoms with van der Waals surface area (Å²) in [5, 5.41) is 0.793. The molecule has 2 aromatic carbocycles. The van der Waals surface area contributed by atoms with Crippen LogP contribution in [0.15, 0.2) is 42.5 Å². The largest absolute Gasteiger partial charge is 0.454 e. The number of benzene rings is 2. The molecule has 0 N–H and O–H groups in total. The number of hydrogen-bond donors (Lipinski definition) is 0. The van der Waals surface area contributed by atoms with Gasteiger partial charge in [0.2, 0.25) is 6.79 Å². The molecule has 0 spiro atoms. The Morgan fingerprint density at radius 1 is 1.00 bits per heavy atom. The molecule has 0 unspecified atom stereocenters. The Morgan fingerprint density at radius 3 is 2.56 bits per heavy atom. The van der Waals surface area contributed by atoms with Crippen LogP contribution in [-0.4, -0.2) is 48.7 Å². The number of halogens is 1. The molecular weight excluding hydrogens is 340 g/mol. The fraction of sp³-hybridized carbons (Fsp3) is 0.316. The molecule has 2 aromatic rings. The van der Waals surface area contributed by atoms with Crippen molar-refractivity contribution < 1.29 is 14.3 Å². The summed E-state index contributed by atoms with van der Waals surface area (Å²) in [6.45, 7) is 4.11. The molecule has 0 bridgehead atoms. The lowest BCUT2D eigenvalue weighted by Crippen LogP contribution is -2.48.